The van der Waals surface area contributed by atoms with Crippen molar-refractivity contribution in [2.45, 2.75) is 42.3 Å². The molecule has 15 heavy (non-hydrogen) atoms. The molecular formula is C9H17N3OS2. The quantitative estimate of drug-likeness (QED) is 0.770. The monoisotopic (exact) mass is 247 g/mol. The molecule has 0 radical (unpaired) electrons. The Labute approximate surface area is 98.3 Å². The fourth-order valence-electron chi connectivity index (χ4n) is 1.26. The molecule has 4 nitrogen and oxygen atoms in total. The minimum atomic E-state index is -0.508. The molecule has 1 heterocycles. The van der Waals surface area contributed by atoms with E-state index in [0.29, 0.717) is 5.25 Å². The lowest BCUT2D eigenvalue weighted by Crippen LogP contribution is -2.42. The highest BCUT2D eigenvalue weighted by Gasteiger charge is 2.21. The topological polar surface area (TPSA) is 72.0 Å². The number of hydrogen-bond donors (Lipinski definition) is 2. The summed E-state index contributed by atoms with van der Waals surface area (Å²) in [6, 6.07) is 0. The summed E-state index contributed by atoms with van der Waals surface area (Å²) in [6.45, 7) is 5.89. The third-order valence-corrected chi connectivity index (χ3v) is 3.95. The lowest BCUT2D eigenvalue weighted by molar-refractivity contribution is 0.201. The van der Waals surface area contributed by atoms with Gasteiger partial charge in [-0.15, -0.1) is 10.2 Å². The first-order valence-electron chi connectivity index (χ1n) is 4.79. The Bertz CT molecular complexity index is 314. The molecule has 0 saturated heterocycles. The fraction of sp³-hybridized carbons (Fsp3) is 0.778. The molecule has 0 bridgehead atoms. The third-order valence-electron chi connectivity index (χ3n) is 1.92. The van der Waals surface area contributed by atoms with Gasteiger partial charge in [0, 0.05) is 10.8 Å². The molecule has 0 aliphatic rings. The van der Waals surface area contributed by atoms with Crippen molar-refractivity contribution in [3.8, 4) is 0 Å². The van der Waals surface area contributed by atoms with Crippen LogP contribution in [0.3, 0.4) is 0 Å². The molecule has 0 fully saturated rings. The summed E-state index contributed by atoms with van der Waals surface area (Å²) in [6.07, 6.45) is 0.757. The van der Waals surface area contributed by atoms with Gasteiger partial charge < -0.3 is 10.8 Å². The van der Waals surface area contributed by atoms with Crippen molar-refractivity contribution in [1.29, 1.82) is 0 Å². The average molecular weight is 247 g/mol. The van der Waals surface area contributed by atoms with Gasteiger partial charge in [0.1, 0.15) is 5.01 Å². The van der Waals surface area contributed by atoms with Crippen LogP contribution in [0.15, 0.2) is 4.34 Å². The van der Waals surface area contributed by atoms with Crippen LogP contribution in [0.2, 0.25) is 0 Å². The van der Waals surface area contributed by atoms with Gasteiger partial charge in [-0.25, -0.2) is 0 Å². The Morgan fingerprint density at radius 2 is 2.27 bits per heavy atom. The van der Waals surface area contributed by atoms with E-state index in [1.54, 1.807) is 23.1 Å². The summed E-state index contributed by atoms with van der Waals surface area (Å²) >= 11 is 3.25. The summed E-state index contributed by atoms with van der Waals surface area (Å²) in [5, 5.41) is 18.4. The van der Waals surface area contributed by atoms with E-state index < -0.39 is 5.54 Å². The molecular weight excluding hydrogens is 230 g/mol. The van der Waals surface area contributed by atoms with E-state index in [1.807, 2.05) is 13.8 Å². The van der Waals surface area contributed by atoms with E-state index >= 15 is 0 Å². The molecule has 1 aromatic rings. The van der Waals surface area contributed by atoms with Gasteiger partial charge in [-0.1, -0.05) is 30.0 Å². The first kappa shape index (κ1) is 12.9. The summed E-state index contributed by atoms with van der Waals surface area (Å²) in [5.74, 6) is 0. The number of aliphatic hydroxyl groups excluding tert-OH is 1. The van der Waals surface area contributed by atoms with E-state index in [0.717, 1.165) is 15.8 Å². The molecule has 2 atom stereocenters. The standard InChI is InChI=1S/C9H17N3OS2/c1-6(4-9(3,10)5-13)14-8-12-11-7(2)15-8/h6,13H,4-5,10H2,1-3H3. The Morgan fingerprint density at radius 1 is 1.60 bits per heavy atom. The van der Waals surface area contributed by atoms with E-state index in [9.17, 15) is 0 Å². The molecule has 1 rings (SSSR count). The molecule has 6 heteroatoms. The van der Waals surface area contributed by atoms with Crippen molar-refractivity contribution >= 4 is 23.1 Å². The van der Waals surface area contributed by atoms with Crippen molar-refractivity contribution in [1.82, 2.24) is 10.2 Å². The number of nitrogens with zero attached hydrogens (tertiary/aromatic N) is 2. The molecule has 0 aliphatic carbocycles. The zero-order chi connectivity index (χ0) is 11.5. The molecule has 0 aromatic carbocycles. The lowest BCUT2D eigenvalue weighted by atomic mass is 9.99. The van der Waals surface area contributed by atoms with Crippen molar-refractivity contribution < 1.29 is 5.11 Å². The number of nitrogens with two attached hydrogens (primary N) is 1. The maximum Gasteiger partial charge on any atom is 0.174 e. The predicted octanol–water partition coefficient (Wildman–Crippen LogP) is 1.43. The molecule has 0 spiro atoms. The smallest absolute Gasteiger partial charge is 0.174 e. The second kappa shape index (κ2) is 5.25. The van der Waals surface area contributed by atoms with Gasteiger partial charge in [0.2, 0.25) is 0 Å². The summed E-state index contributed by atoms with van der Waals surface area (Å²) in [4.78, 5) is 0. The van der Waals surface area contributed by atoms with Crippen LogP contribution < -0.4 is 5.73 Å². The van der Waals surface area contributed by atoms with E-state index in [1.165, 1.54) is 0 Å². The molecule has 1 aromatic heterocycles. The van der Waals surface area contributed by atoms with Crippen LogP contribution in [0, 0.1) is 6.92 Å². The molecule has 0 saturated carbocycles. The minimum Gasteiger partial charge on any atom is -0.394 e. The van der Waals surface area contributed by atoms with Gasteiger partial charge >= 0.3 is 0 Å². The highest BCUT2D eigenvalue weighted by molar-refractivity contribution is 8.01. The third kappa shape index (κ3) is 4.46. The van der Waals surface area contributed by atoms with Gasteiger partial charge in [-0.3, -0.25) is 0 Å². The highest BCUT2D eigenvalue weighted by atomic mass is 32.2. The molecule has 0 aliphatic heterocycles. The van der Waals surface area contributed by atoms with Crippen molar-refractivity contribution in [3.05, 3.63) is 5.01 Å². The van der Waals surface area contributed by atoms with E-state index in [2.05, 4.69) is 17.1 Å². The van der Waals surface area contributed by atoms with Crippen LogP contribution in [-0.2, 0) is 0 Å². The molecule has 3 N–H and O–H groups in total. The number of aliphatic hydroxyl groups is 1. The van der Waals surface area contributed by atoms with Crippen LogP contribution in [0.25, 0.3) is 0 Å². The zero-order valence-corrected chi connectivity index (χ0v) is 10.9. The van der Waals surface area contributed by atoms with Gasteiger partial charge in [-0.05, 0) is 20.3 Å². The Kier molecular flexibility index (Phi) is 4.51. The fourth-order valence-corrected chi connectivity index (χ4v) is 3.62. The van der Waals surface area contributed by atoms with E-state index in [4.69, 9.17) is 10.8 Å². The maximum absolute atomic E-state index is 9.05. The van der Waals surface area contributed by atoms with Crippen LogP contribution in [0.1, 0.15) is 25.3 Å². The minimum absolute atomic E-state index is 0.00699. The van der Waals surface area contributed by atoms with E-state index in [-0.39, 0.29) is 6.61 Å². The van der Waals surface area contributed by atoms with Gasteiger partial charge in [-0.2, -0.15) is 0 Å². The van der Waals surface area contributed by atoms with Crippen molar-refractivity contribution in [2.24, 2.45) is 5.73 Å². The second-order valence-electron chi connectivity index (χ2n) is 4.03. The van der Waals surface area contributed by atoms with Crippen molar-refractivity contribution in [3.63, 3.8) is 0 Å². The SMILES string of the molecule is Cc1nnc(SC(C)CC(C)(N)CO)s1. The van der Waals surface area contributed by atoms with Gasteiger partial charge in [0.15, 0.2) is 4.34 Å². The number of rotatable bonds is 5. The predicted molar refractivity (Wildman–Crippen MR) is 64.3 cm³/mol. The zero-order valence-electron chi connectivity index (χ0n) is 9.23. The Balaban J connectivity index is 2.46. The van der Waals surface area contributed by atoms with Crippen molar-refractivity contribution in [2.75, 3.05) is 6.61 Å². The summed E-state index contributed by atoms with van der Waals surface area (Å²) in [5.41, 5.74) is 5.37. The Hall–Kier alpha value is -0.170. The maximum atomic E-state index is 9.05. The number of thioether (sulfide) groups is 1. The molecule has 0 amide bonds. The normalized spacial score (nSPS) is 17.4. The Morgan fingerprint density at radius 3 is 2.73 bits per heavy atom. The first-order chi connectivity index (χ1) is 6.93. The molecule has 2 unspecified atom stereocenters. The van der Waals surface area contributed by atoms with Crippen LogP contribution in [0.4, 0.5) is 0 Å². The summed E-state index contributed by atoms with van der Waals surface area (Å²) < 4.78 is 0.966. The number of aryl methyl sites for hydroxylation is 1. The number of aromatic nitrogens is 2. The van der Waals surface area contributed by atoms with Crippen LogP contribution in [-0.4, -0.2) is 32.7 Å². The molecule has 86 valence electrons. The first-order valence-corrected chi connectivity index (χ1v) is 6.49. The number of hydrogen-bond acceptors (Lipinski definition) is 6. The average Bonchev–Trinajstić information content (AvgIpc) is 2.50. The lowest BCUT2D eigenvalue weighted by Gasteiger charge is -2.24. The summed E-state index contributed by atoms with van der Waals surface area (Å²) in [7, 11) is 0. The largest absolute Gasteiger partial charge is 0.394 e. The van der Waals surface area contributed by atoms with Crippen LogP contribution in [0.5, 0.6) is 0 Å². The second-order valence-corrected chi connectivity index (χ2v) is 6.90. The highest BCUT2D eigenvalue weighted by Crippen LogP contribution is 2.29. The van der Waals surface area contributed by atoms with Crippen LogP contribution >= 0.6 is 23.1 Å². The van der Waals surface area contributed by atoms with Gasteiger partial charge in [0.05, 0.1) is 6.61 Å². The van der Waals surface area contributed by atoms with Gasteiger partial charge in [0.25, 0.3) is 0 Å².